The molecule has 0 saturated heterocycles. The number of rotatable bonds is 16. The van der Waals surface area contributed by atoms with E-state index in [1.54, 1.807) is 39.0 Å². The van der Waals surface area contributed by atoms with Gasteiger partial charge in [-0.1, -0.05) is 48.5 Å². The zero-order chi connectivity index (χ0) is 53.4. The molecule has 6 aromatic heterocycles. The largest absolute Gasteiger partial charge is 0.495 e. The number of methoxy groups -OCH3 is 2. The van der Waals surface area contributed by atoms with Crippen LogP contribution in [0.1, 0.15) is 59.4 Å². The summed E-state index contributed by atoms with van der Waals surface area (Å²) in [5.74, 6) is 2.41. The second kappa shape index (κ2) is 25.5. The van der Waals surface area contributed by atoms with E-state index in [2.05, 4.69) is 75.4 Å². The number of hydrogen-bond donors (Lipinski definition) is 6. The van der Waals surface area contributed by atoms with Crippen LogP contribution in [0.2, 0.25) is 0 Å². The molecular weight excluding hydrogens is 1070 g/mol. The van der Waals surface area contributed by atoms with E-state index in [9.17, 15) is 36.6 Å². The maximum Gasteiger partial charge on any atom is 0.393 e. The molecule has 2 aliphatic rings. The molecule has 2 aromatic carbocycles. The average molecular weight is 1120 g/mol. The summed E-state index contributed by atoms with van der Waals surface area (Å²) in [5, 5.41) is 36.0. The molecule has 23 heteroatoms. The van der Waals surface area contributed by atoms with Gasteiger partial charge in [-0.2, -0.15) is 26.3 Å². The van der Waals surface area contributed by atoms with Gasteiger partial charge in [-0.25, -0.2) is 19.9 Å². The minimum Gasteiger partial charge on any atom is -0.495 e. The molecule has 0 radical (unpaired) electrons. The van der Waals surface area contributed by atoms with Crippen molar-refractivity contribution in [2.24, 2.45) is 0 Å². The highest BCUT2D eigenvalue weighted by Gasteiger charge is 2.33. The third kappa shape index (κ3) is 15.9. The summed E-state index contributed by atoms with van der Waals surface area (Å²) in [6.45, 7) is 1.29. The second-order valence-electron chi connectivity index (χ2n) is 19.1. The van der Waals surface area contributed by atoms with Crippen molar-refractivity contribution < 1.29 is 46.0 Å². The van der Waals surface area contributed by atoms with Crippen LogP contribution in [0.3, 0.4) is 0 Å². The molecule has 77 heavy (non-hydrogen) atoms. The predicted molar refractivity (Wildman–Crippen MR) is 290 cm³/mol. The number of ether oxygens (including phenoxy) is 2. The second-order valence-corrected chi connectivity index (χ2v) is 21.3. The number of fused-ring (bicyclic) bond motifs is 2. The number of halogens is 7. The number of aliphatic hydroxyl groups is 2. The molecule has 2 saturated carbocycles. The highest BCUT2D eigenvalue weighted by Crippen LogP contribution is 2.36. The maximum absolute atomic E-state index is 12.9. The van der Waals surface area contributed by atoms with E-state index in [-0.39, 0.29) is 46.3 Å². The number of hydrogen-bond acceptors (Lipinski definition) is 16. The fourth-order valence-electron chi connectivity index (χ4n) is 9.68. The van der Waals surface area contributed by atoms with Crippen molar-refractivity contribution in [2.45, 2.75) is 113 Å². The van der Waals surface area contributed by atoms with E-state index in [1.807, 2.05) is 36.4 Å². The van der Waals surface area contributed by atoms with Gasteiger partial charge in [0.25, 0.3) is 0 Å². The van der Waals surface area contributed by atoms with Crippen molar-refractivity contribution in [1.29, 1.82) is 0 Å². The Kier molecular flexibility index (Phi) is 18.8. The van der Waals surface area contributed by atoms with Gasteiger partial charge < -0.3 is 41.0 Å². The molecule has 6 atom stereocenters. The first-order chi connectivity index (χ1) is 36.5. The van der Waals surface area contributed by atoms with Crippen molar-refractivity contribution in [3.8, 4) is 33.8 Å². The van der Waals surface area contributed by atoms with Gasteiger partial charge in [-0.05, 0) is 85.0 Å². The van der Waals surface area contributed by atoms with E-state index in [0.29, 0.717) is 82.3 Å². The van der Waals surface area contributed by atoms with Crippen LogP contribution < -0.4 is 30.7 Å². The van der Waals surface area contributed by atoms with Gasteiger partial charge in [-0.3, -0.25) is 9.97 Å². The molecule has 2 aliphatic carbocycles. The number of nitrogens with one attached hydrogen (secondary N) is 4. The monoisotopic (exact) mass is 1120 g/mol. The molecule has 0 aliphatic heterocycles. The van der Waals surface area contributed by atoms with Gasteiger partial charge in [0.05, 0.1) is 62.4 Å². The standard InChI is InChI=1S/2C27H28F3N5O2S.ClH/c2*1-37-22-6-18(13-31-14-22)17-4-2-16(3-5-17)12-32-19-7-20(9-21(36)8-19)35-25-24-10-23(11-27(28,29)30)38-26(24)34-15-33-25;/h2*2-6,10,13-15,19-21,32,36H,7-9,11-12H2,1H3,(H,33,34,35);1H/t2*19-,20+,21-;/m11./s1. The number of aliphatic hydroxyl groups excluding tert-OH is 2. The Morgan fingerprint density at radius 2 is 0.909 bits per heavy atom. The van der Waals surface area contributed by atoms with E-state index < -0.39 is 37.4 Å². The van der Waals surface area contributed by atoms with Crippen molar-refractivity contribution >= 4 is 67.1 Å². The highest BCUT2D eigenvalue weighted by molar-refractivity contribution is 7.19. The molecule has 14 nitrogen and oxygen atoms in total. The Morgan fingerprint density at radius 3 is 1.29 bits per heavy atom. The quantitative estimate of drug-likeness (QED) is 0.0502. The Morgan fingerprint density at radius 1 is 0.519 bits per heavy atom. The summed E-state index contributed by atoms with van der Waals surface area (Å²) < 4.78 is 87.7. The van der Waals surface area contributed by atoms with Crippen LogP contribution in [0.25, 0.3) is 42.7 Å². The summed E-state index contributed by atoms with van der Waals surface area (Å²) in [5.41, 5.74) is 6.26. The van der Waals surface area contributed by atoms with Crippen molar-refractivity contribution in [3.05, 3.63) is 131 Å². The van der Waals surface area contributed by atoms with E-state index >= 15 is 0 Å². The van der Waals surface area contributed by atoms with E-state index in [0.717, 1.165) is 68.9 Å². The zero-order valence-electron chi connectivity index (χ0n) is 41.8. The van der Waals surface area contributed by atoms with Gasteiger partial charge in [0.2, 0.25) is 0 Å². The number of nitrogens with zero attached hydrogens (tertiary/aromatic N) is 6. The normalized spacial score (nSPS) is 19.7. The molecule has 0 unspecified atom stereocenters. The summed E-state index contributed by atoms with van der Waals surface area (Å²) in [4.78, 5) is 26.7. The lowest BCUT2D eigenvalue weighted by atomic mass is 9.88. The van der Waals surface area contributed by atoms with E-state index in [4.69, 9.17) is 9.47 Å². The predicted octanol–water partition coefficient (Wildman–Crippen LogP) is 11.1. The van der Waals surface area contributed by atoms with Crippen LogP contribution in [0, 0.1) is 0 Å². The van der Waals surface area contributed by atoms with Gasteiger partial charge >= 0.3 is 12.4 Å². The molecule has 0 amide bonds. The van der Waals surface area contributed by atoms with Crippen molar-refractivity contribution in [1.82, 2.24) is 40.5 Å². The third-order valence-electron chi connectivity index (χ3n) is 13.2. The van der Waals surface area contributed by atoms with Crippen LogP contribution in [0.5, 0.6) is 11.5 Å². The molecule has 6 N–H and O–H groups in total. The van der Waals surface area contributed by atoms with E-state index in [1.165, 1.54) is 24.8 Å². The molecule has 408 valence electrons. The molecule has 6 heterocycles. The summed E-state index contributed by atoms with van der Waals surface area (Å²) in [6.07, 6.45) is 1.93. The van der Waals surface area contributed by atoms with Gasteiger partial charge in [-0.15, -0.1) is 35.1 Å². The lowest BCUT2D eigenvalue weighted by Gasteiger charge is -2.34. The lowest BCUT2D eigenvalue weighted by molar-refractivity contribution is -0.127. The summed E-state index contributed by atoms with van der Waals surface area (Å²) >= 11 is 2.05. The van der Waals surface area contributed by atoms with Crippen LogP contribution in [0.15, 0.2) is 110 Å². The van der Waals surface area contributed by atoms with Crippen molar-refractivity contribution in [3.63, 3.8) is 0 Å². The molecule has 0 bridgehead atoms. The lowest BCUT2D eigenvalue weighted by Crippen LogP contribution is -2.44. The number of thiophene rings is 2. The van der Waals surface area contributed by atoms with Crippen molar-refractivity contribution in [2.75, 3.05) is 24.9 Å². The first-order valence-electron chi connectivity index (χ1n) is 24.6. The van der Waals surface area contributed by atoms with Crippen LogP contribution >= 0.6 is 35.1 Å². The third-order valence-corrected chi connectivity index (χ3v) is 15.3. The molecule has 2 fully saturated rings. The summed E-state index contributed by atoms with van der Waals surface area (Å²) in [6, 6.07) is 23.3. The Balaban J connectivity index is 0.000000201. The van der Waals surface area contributed by atoms with Gasteiger partial charge in [0, 0.05) is 70.5 Å². The van der Waals surface area contributed by atoms with Crippen LogP contribution in [0.4, 0.5) is 38.0 Å². The topological polar surface area (TPSA) is 184 Å². The smallest absolute Gasteiger partial charge is 0.393 e. The first-order valence-corrected chi connectivity index (χ1v) is 26.3. The number of pyridine rings is 2. The maximum atomic E-state index is 12.9. The number of anilines is 2. The Labute approximate surface area is 454 Å². The number of benzene rings is 2. The minimum atomic E-state index is -4.28. The zero-order valence-corrected chi connectivity index (χ0v) is 44.3. The molecular formula is C54H57ClF6N10O4S2. The average Bonchev–Trinajstić information content (AvgIpc) is 4.01. The highest BCUT2D eigenvalue weighted by atomic mass is 35.5. The van der Waals surface area contributed by atoms with Gasteiger partial charge in [0.1, 0.15) is 45.5 Å². The van der Waals surface area contributed by atoms with Crippen LogP contribution in [-0.2, 0) is 25.9 Å². The Hall–Kier alpha value is -6.27. The fourth-order valence-corrected chi connectivity index (χ4v) is 11.7. The first kappa shape index (κ1) is 56.9. The molecule has 0 spiro atoms. The molecule has 8 aromatic rings. The number of alkyl halides is 6. The van der Waals surface area contributed by atoms with Crippen LogP contribution in [-0.4, -0.2) is 103 Å². The summed E-state index contributed by atoms with van der Waals surface area (Å²) in [7, 11) is 3.23. The SMILES string of the molecule is COc1cncc(-c2ccc(CN[C@H]3C[C@@H](O)C[C@@H](Nc4ncnc5sc(CC(F)(F)F)cc45)C3)cc2)c1.COc1cncc(-c2ccc(CN[C@H]3C[C@@H](O)C[C@@H](Nc4ncnc5sc(CC(F)(F)F)cc45)C3)cc2)c1.Cl. The van der Waals surface area contributed by atoms with Gasteiger partial charge in [0.15, 0.2) is 0 Å². The number of aromatic nitrogens is 6. The minimum absolute atomic E-state index is 0. The molecule has 10 rings (SSSR count). The fraction of sp³-hybridized carbons (Fsp3) is 0.370. The Bertz CT molecular complexity index is 2980.